The van der Waals surface area contributed by atoms with Crippen molar-refractivity contribution < 1.29 is 4.79 Å². The zero-order valence-corrected chi connectivity index (χ0v) is 13.2. The summed E-state index contributed by atoms with van der Waals surface area (Å²) >= 11 is 0. The van der Waals surface area contributed by atoms with Crippen molar-refractivity contribution in [3.05, 3.63) is 64.6 Å². The molecule has 25 heavy (non-hydrogen) atoms. The number of H-pyrrole nitrogens is 2. The minimum absolute atomic E-state index is 0.144. The van der Waals surface area contributed by atoms with Gasteiger partial charge < -0.3 is 9.97 Å². The van der Waals surface area contributed by atoms with E-state index in [0.717, 1.165) is 11.0 Å². The molecule has 0 saturated heterocycles. The van der Waals surface area contributed by atoms with Crippen LogP contribution in [0, 0.1) is 0 Å². The van der Waals surface area contributed by atoms with Gasteiger partial charge in [-0.2, -0.15) is 0 Å². The summed E-state index contributed by atoms with van der Waals surface area (Å²) in [5.41, 5.74) is 3.10. The van der Waals surface area contributed by atoms with Gasteiger partial charge in [-0.05, 0) is 24.3 Å². The van der Waals surface area contributed by atoms with Crippen LogP contribution in [0.2, 0.25) is 0 Å². The van der Waals surface area contributed by atoms with E-state index in [1.165, 1.54) is 0 Å². The highest BCUT2D eigenvalue weighted by Gasteiger charge is 2.10. The van der Waals surface area contributed by atoms with E-state index in [2.05, 4.69) is 25.3 Å². The van der Waals surface area contributed by atoms with Gasteiger partial charge in [-0.25, -0.2) is 9.97 Å². The quantitative estimate of drug-likeness (QED) is 0.533. The van der Waals surface area contributed by atoms with E-state index in [0.29, 0.717) is 22.7 Å². The monoisotopic (exact) mass is 333 g/mol. The van der Waals surface area contributed by atoms with Gasteiger partial charge in [0.1, 0.15) is 5.69 Å². The van der Waals surface area contributed by atoms with E-state index < -0.39 is 0 Å². The molecular formula is C18H15N5O2. The van der Waals surface area contributed by atoms with Crippen molar-refractivity contribution in [2.24, 2.45) is 0 Å². The number of nitrogens with zero attached hydrogens (tertiary/aromatic N) is 2. The Morgan fingerprint density at radius 1 is 0.920 bits per heavy atom. The summed E-state index contributed by atoms with van der Waals surface area (Å²) in [6, 6.07) is 14.8. The molecular weight excluding hydrogens is 318 g/mol. The molecule has 4 aromatic rings. The van der Waals surface area contributed by atoms with Crippen LogP contribution in [0.15, 0.2) is 53.3 Å². The molecule has 0 saturated carbocycles. The van der Waals surface area contributed by atoms with Gasteiger partial charge in [-0.3, -0.25) is 14.9 Å². The van der Waals surface area contributed by atoms with E-state index in [9.17, 15) is 9.59 Å². The molecule has 7 heteroatoms. The van der Waals surface area contributed by atoms with Crippen LogP contribution in [-0.4, -0.2) is 25.8 Å². The molecule has 1 amide bonds. The first-order chi connectivity index (χ1) is 12.2. The number of aromatic amines is 2. The highest BCUT2D eigenvalue weighted by atomic mass is 16.1. The number of rotatable bonds is 4. The smallest absolute Gasteiger partial charge is 0.270 e. The first-order valence-electron chi connectivity index (χ1n) is 7.91. The van der Waals surface area contributed by atoms with Crippen LogP contribution in [0.4, 0.5) is 5.95 Å². The summed E-state index contributed by atoms with van der Waals surface area (Å²) in [5, 5.41) is 2.71. The molecule has 0 atom stereocenters. The van der Waals surface area contributed by atoms with Gasteiger partial charge in [0, 0.05) is 12.8 Å². The molecule has 0 aliphatic heterocycles. The van der Waals surface area contributed by atoms with Crippen LogP contribution in [0.1, 0.15) is 12.1 Å². The number of aromatic nitrogens is 4. The van der Waals surface area contributed by atoms with E-state index in [4.69, 9.17) is 0 Å². The van der Waals surface area contributed by atoms with Crippen LogP contribution in [-0.2, 0) is 11.2 Å². The lowest BCUT2D eigenvalue weighted by Gasteiger charge is -2.03. The number of benzene rings is 2. The Balaban J connectivity index is 1.46. The molecule has 4 rings (SSSR count). The number of fused-ring (bicyclic) bond motifs is 2. The molecule has 124 valence electrons. The molecule has 0 fully saturated rings. The summed E-state index contributed by atoms with van der Waals surface area (Å²) in [5.74, 6) is 0.167. The van der Waals surface area contributed by atoms with E-state index in [-0.39, 0.29) is 24.3 Å². The number of amides is 1. The Bertz CT molecular complexity index is 1100. The van der Waals surface area contributed by atoms with Crippen LogP contribution >= 0.6 is 0 Å². The molecule has 7 nitrogen and oxygen atoms in total. The lowest BCUT2D eigenvalue weighted by molar-refractivity contribution is -0.116. The fourth-order valence-corrected chi connectivity index (χ4v) is 2.68. The fourth-order valence-electron chi connectivity index (χ4n) is 2.68. The molecule has 0 aliphatic rings. The minimum atomic E-state index is -0.268. The first-order valence-corrected chi connectivity index (χ1v) is 7.91. The van der Waals surface area contributed by atoms with Crippen LogP contribution in [0.5, 0.6) is 0 Å². The molecule has 2 heterocycles. The normalized spacial score (nSPS) is 11.0. The second-order valence-corrected chi connectivity index (χ2v) is 5.68. The van der Waals surface area contributed by atoms with E-state index in [1.54, 1.807) is 6.07 Å². The summed E-state index contributed by atoms with van der Waals surface area (Å²) < 4.78 is 0. The van der Waals surface area contributed by atoms with Gasteiger partial charge in [-0.15, -0.1) is 0 Å². The van der Waals surface area contributed by atoms with Gasteiger partial charge in [0.2, 0.25) is 11.9 Å². The topological polar surface area (TPSA) is 104 Å². The lowest BCUT2D eigenvalue weighted by Crippen LogP contribution is -2.19. The second kappa shape index (κ2) is 6.20. The molecule has 3 N–H and O–H groups in total. The molecule has 2 aromatic carbocycles. The standard InChI is InChI=1S/C18H15N5O2/c24-16(23-18-21-13-7-3-4-8-14(13)22-18)10-9-15-17(25)20-12-6-2-1-5-11(12)19-15/h1-8H,9-10H2,(H,20,25)(H2,21,22,23,24). The second-order valence-electron chi connectivity index (χ2n) is 5.68. The van der Waals surface area contributed by atoms with Crippen molar-refractivity contribution in [3.63, 3.8) is 0 Å². The van der Waals surface area contributed by atoms with Gasteiger partial charge in [0.25, 0.3) is 5.56 Å². The number of para-hydroxylation sites is 4. The maximum Gasteiger partial charge on any atom is 0.270 e. The number of carbonyl (C=O) groups excluding carboxylic acids is 1. The number of imidazole rings is 1. The summed E-state index contributed by atoms with van der Waals surface area (Å²) in [6.45, 7) is 0. The van der Waals surface area contributed by atoms with Crippen molar-refractivity contribution in [1.82, 2.24) is 19.9 Å². The Hall–Kier alpha value is -3.48. The third-order valence-corrected chi connectivity index (χ3v) is 3.91. The van der Waals surface area contributed by atoms with E-state index in [1.807, 2.05) is 42.5 Å². The Morgan fingerprint density at radius 3 is 2.28 bits per heavy atom. The Labute approximate surface area is 142 Å². The van der Waals surface area contributed by atoms with Crippen LogP contribution in [0.25, 0.3) is 22.1 Å². The van der Waals surface area contributed by atoms with Gasteiger partial charge in [0.05, 0.1) is 22.1 Å². The highest BCUT2D eigenvalue weighted by molar-refractivity contribution is 5.91. The maximum atomic E-state index is 12.1. The van der Waals surface area contributed by atoms with E-state index >= 15 is 0 Å². The number of carbonyl (C=O) groups is 1. The predicted octanol–water partition coefficient (Wildman–Crippen LogP) is 2.37. The van der Waals surface area contributed by atoms with Gasteiger partial charge in [0.15, 0.2) is 0 Å². The van der Waals surface area contributed by atoms with Crippen molar-refractivity contribution in [2.45, 2.75) is 12.8 Å². The average Bonchev–Trinajstić information content (AvgIpc) is 3.02. The van der Waals surface area contributed by atoms with Crippen molar-refractivity contribution in [1.29, 1.82) is 0 Å². The largest absolute Gasteiger partial charge is 0.324 e. The van der Waals surface area contributed by atoms with Gasteiger partial charge in [-0.1, -0.05) is 24.3 Å². The lowest BCUT2D eigenvalue weighted by atomic mass is 10.2. The van der Waals surface area contributed by atoms with Crippen molar-refractivity contribution in [3.8, 4) is 0 Å². The van der Waals surface area contributed by atoms with Crippen molar-refractivity contribution >= 4 is 33.9 Å². The van der Waals surface area contributed by atoms with Gasteiger partial charge >= 0.3 is 0 Å². The Kier molecular flexibility index (Phi) is 3.74. The molecule has 2 aromatic heterocycles. The summed E-state index contributed by atoms with van der Waals surface area (Å²) in [7, 11) is 0. The highest BCUT2D eigenvalue weighted by Crippen LogP contribution is 2.13. The number of hydrogen-bond acceptors (Lipinski definition) is 4. The molecule has 0 bridgehead atoms. The molecule has 0 radical (unpaired) electrons. The number of anilines is 1. The number of nitrogens with one attached hydrogen (secondary N) is 3. The molecule has 0 spiro atoms. The third kappa shape index (κ3) is 3.12. The predicted molar refractivity (Wildman–Crippen MR) is 95.4 cm³/mol. The molecule has 0 unspecified atom stereocenters. The summed E-state index contributed by atoms with van der Waals surface area (Å²) in [4.78, 5) is 38.6. The SMILES string of the molecule is O=C(CCc1nc2ccccc2[nH]c1=O)Nc1nc2ccccc2[nH]1. The molecule has 0 aliphatic carbocycles. The summed E-state index contributed by atoms with van der Waals surface area (Å²) in [6.07, 6.45) is 0.400. The first kappa shape index (κ1) is 15.1. The zero-order valence-electron chi connectivity index (χ0n) is 13.2. The van der Waals surface area contributed by atoms with Crippen molar-refractivity contribution in [2.75, 3.05) is 5.32 Å². The number of hydrogen-bond donors (Lipinski definition) is 3. The average molecular weight is 333 g/mol. The number of aryl methyl sites for hydroxylation is 1. The van der Waals surface area contributed by atoms with Crippen LogP contribution < -0.4 is 10.9 Å². The zero-order chi connectivity index (χ0) is 17.2. The fraction of sp³-hybridized carbons (Fsp3) is 0.111. The Morgan fingerprint density at radius 2 is 1.56 bits per heavy atom. The maximum absolute atomic E-state index is 12.1. The van der Waals surface area contributed by atoms with Crippen LogP contribution in [0.3, 0.4) is 0 Å². The third-order valence-electron chi connectivity index (χ3n) is 3.91. The minimum Gasteiger partial charge on any atom is -0.324 e.